The summed E-state index contributed by atoms with van der Waals surface area (Å²) < 4.78 is 0. The molecule has 270 valence electrons. The number of pyridine rings is 2. The van der Waals surface area contributed by atoms with Gasteiger partial charge in [-0.1, -0.05) is 176 Å². The molecule has 9 aromatic carbocycles. The molecule has 0 aliphatic rings. The third kappa shape index (κ3) is 6.00. The molecule has 0 bridgehead atoms. The van der Waals surface area contributed by atoms with Crippen LogP contribution in [0.2, 0.25) is 0 Å². The Hall–Kier alpha value is -7.68. The van der Waals surface area contributed by atoms with Crippen LogP contribution >= 0.6 is 0 Å². The summed E-state index contributed by atoms with van der Waals surface area (Å²) in [6.45, 7) is 0. The quantitative estimate of drug-likeness (QED) is 0.159. The summed E-state index contributed by atoms with van der Waals surface area (Å²) in [5.74, 6) is 0. The highest BCUT2D eigenvalue weighted by molar-refractivity contribution is 6.13. The average molecular weight is 737 g/mol. The molecule has 2 heteroatoms. The maximum atomic E-state index is 5.51. The number of nitrogens with zero attached hydrogens (tertiary/aromatic N) is 2. The van der Waals surface area contributed by atoms with E-state index in [0.29, 0.717) is 0 Å². The normalized spacial score (nSPS) is 11.4. The van der Waals surface area contributed by atoms with Crippen LogP contribution in [0, 0.1) is 0 Å². The Balaban J connectivity index is 1.13. The van der Waals surface area contributed by atoms with Crippen LogP contribution in [0.5, 0.6) is 0 Å². The highest BCUT2D eigenvalue weighted by Crippen LogP contribution is 2.41. The Morgan fingerprint density at radius 3 is 0.897 bits per heavy atom. The Bertz CT molecular complexity index is 3000. The van der Waals surface area contributed by atoms with E-state index in [9.17, 15) is 0 Å². The van der Waals surface area contributed by atoms with Gasteiger partial charge in [-0.3, -0.25) is 0 Å². The lowest BCUT2D eigenvalue weighted by molar-refractivity contribution is 1.32. The van der Waals surface area contributed by atoms with Crippen LogP contribution in [0.3, 0.4) is 0 Å². The van der Waals surface area contributed by atoms with Crippen molar-refractivity contribution in [2.75, 3.05) is 0 Å². The fraction of sp³-hybridized carbons (Fsp3) is 0. The maximum absolute atomic E-state index is 5.51. The zero-order valence-corrected chi connectivity index (χ0v) is 31.7. The van der Waals surface area contributed by atoms with Crippen molar-refractivity contribution in [3.8, 4) is 67.3 Å². The molecule has 58 heavy (non-hydrogen) atoms. The fourth-order valence-electron chi connectivity index (χ4n) is 8.62. The topological polar surface area (TPSA) is 25.8 Å². The first-order chi connectivity index (χ1) is 28.7. The van der Waals surface area contributed by atoms with Crippen molar-refractivity contribution in [2.45, 2.75) is 0 Å². The molecule has 0 radical (unpaired) electrons. The van der Waals surface area contributed by atoms with Crippen molar-refractivity contribution in [1.82, 2.24) is 9.97 Å². The molecule has 0 unspecified atom stereocenters. The lowest BCUT2D eigenvalue weighted by atomic mass is 9.92. The SMILES string of the molecule is c1ccc(-c2cc(-c3cccc(-c4cc(-c5ccccc5)cc(-c5c6ccccc6cc6ccccc56)n4)c3)nc(-c3c4ccccc4cc4ccccc34)c2)cc1. The average Bonchev–Trinajstić information content (AvgIpc) is 3.30. The van der Waals surface area contributed by atoms with Gasteiger partial charge in [-0.05, 0) is 108 Å². The maximum Gasteiger partial charge on any atom is 0.0728 e. The zero-order chi connectivity index (χ0) is 38.4. The van der Waals surface area contributed by atoms with Crippen LogP contribution in [-0.2, 0) is 0 Å². The van der Waals surface area contributed by atoms with E-state index in [1.54, 1.807) is 0 Å². The van der Waals surface area contributed by atoms with Gasteiger partial charge in [0.1, 0.15) is 0 Å². The Morgan fingerprint density at radius 2 is 0.517 bits per heavy atom. The van der Waals surface area contributed by atoms with Gasteiger partial charge in [0, 0.05) is 22.3 Å². The number of aromatic nitrogens is 2. The lowest BCUT2D eigenvalue weighted by Crippen LogP contribution is -1.95. The van der Waals surface area contributed by atoms with Gasteiger partial charge < -0.3 is 0 Å². The monoisotopic (exact) mass is 736 g/mol. The zero-order valence-electron chi connectivity index (χ0n) is 31.7. The third-order valence-electron chi connectivity index (χ3n) is 11.4. The van der Waals surface area contributed by atoms with Crippen LogP contribution in [0.4, 0.5) is 0 Å². The minimum atomic E-state index is 0.912. The predicted octanol–water partition coefficient (Wildman–Crippen LogP) is 15.1. The Morgan fingerprint density at radius 1 is 0.207 bits per heavy atom. The molecule has 11 aromatic rings. The van der Waals surface area contributed by atoms with E-state index in [4.69, 9.17) is 9.97 Å². The fourth-order valence-corrected chi connectivity index (χ4v) is 8.62. The van der Waals surface area contributed by atoms with Crippen LogP contribution in [0.1, 0.15) is 0 Å². The minimum absolute atomic E-state index is 0.912. The summed E-state index contributed by atoms with van der Waals surface area (Å²) in [7, 11) is 0. The van der Waals surface area contributed by atoms with Gasteiger partial charge in [0.15, 0.2) is 0 Å². The predicted molar refractivity (Wildman–Crippen MR) is 245 cm³/mol. The molecule has 2 aromatic heterocycles. The van der Waals surface area contributed by atoms with Crippen molar-refractivity contribution in [1.29, 1.82) is 0 Å². The smallest absolute Gasteiger partial charge is 0.0728 e. The number of fused-ring (bicyclic) bond motifs is 4. The second kappa shape index (κ2) is 14.1. The molecular weight excluding hydrogens is 701 g/mol. The molecule has 0 aliphatic carbocycles. The summed E-state index contributed by atoms with van der Waals surface area (Å²) in [6.07, 6.45) is 0. The van der Waals surface area contributed by atoms with E-state index in [0.717, 1.165) is 67.3 Å². The first kappa shape index (κ1) is 33.6. The van der Waals surface area contributed by atoms with Crippen LogP contribution in [0.15, 0.2) is 218 Å². The van der Waals surface area contributed by atoms with Crippen molar-refractivity contribution in [3.63, 3.8) is 0 Å². The molecule has 0 amide bonds. The van der Waals surface area contributed by atoms with Gasteiger partial charge in [-0.25, -0.2) is 9.97 Å². The molecular formula is C56H36N2. The minimum Gasteiger partial charge on any atom is -0.248 e. The Kier molecular flexibility index (Phi) is 8.19. The number of benzene rings is 9. The molecule has 0 saturated heterocycles. The molecule has 0 fully saturated rings. The molecule has 2 heterocycles. The van der Waals surface area contributed by atoms with E-state index < -0.39 is 0 Å². The Labute approximate surface area is 337 Å². The molecule has 0 N–H and O–H groups in total. The summed E-state index contributed by atoms with van der Waals surface area (Å²) in [4.78, 5) is 11.0. The van der Waals surface area contributed by atoms with Crippen LogP contribution in [-0.4, -0.2) is 9.97 Å². The second-order valence-corrected chi connectivity index (χ2v) is 15.0. The molecule has 0 spiro atoms. The van der Waals surface area contributed by atoms with Crippen LogP contribution < -0.4 is 0 Å². The summed E-state index contributed by atoms with van der Waals surface area (Å²) in [5.41, 5.74) is 12.6. The van der Waals surface area contributed by atoms with Crippen molar-refractivity contribution in [3.05, 3.63) is 218 Å². The summed E-state index contributed by atoms with van der Waals surface area (Å²) in [6, 6.07) is 78.1. The van der Waals surface area contributed by atoms with E-state index in [2.05, 4.69) is 218 Å². The number of hydrogen-bond donors (Lipinski definition) is 0. The third-order valence-corrected chi connectivity index (χ3v) is 11.4. The van der Waals surface area contributed by atoms with Crippen molar-refractivity contribution < 1.29 is 0 Å². The van der Waals surface area contributed by atoms with Gasteiger partial charge in [-0.15, -0.1) is 0 Å². The van der Waals surface area contributed by atoms with Gasteiger partial charge in [0.05, 0.1) is 22.8 Å². The van der Waals surface area contributed by atoms with Gasteiger partial charge in [-0.2, -0.15) is 0 Å². The molecule has 0 saturated carbocycles. The number of hydrogen-bond acceptors (Lipinski definition) is 2. The van der Waals surface area contributed by atoms with Gasteiger partial charge in [0.2, 0.25) is 0 Å². The molecule has 0 aliphatic heterocycles. The van der Waals surface area contributed by atoms with Crippen molar-refractivity contribution in [2.24, 2.45) is 0 Å². The summed E-state index contributed by atoms with van der Waals surface area (Å²) >= 11 is 0. The standard InChI is InChI=1S/C56H36N2/c1-3-16-37(17-4-1)45-33-51(57-53(35-45)55-47-26-11-7-20-39(47)30-40-21-8-12-27-48(40)55)43-24-15-25-44(32-43)52-34-46(38-18-5-2-6-19-38)36-54(58-52)56-49-28-13-9-22-41(49)31-42-23-10-14-29-50(42)56/h1-36H. The van der Waals surface area contributed by atoms with Crippen LogP contribution in [0.25, 0.3) is 110 Å². The van der Waals surface area contributed by atoms with E-state index in [1.807, 2.05) is 0 Å². The lowest BCUT2D eigenvalue weighted by Gasteiger charge is -2.16. The van der Waals surface area contributed by atoms with E-state index >= 15 is 0 Å². The summed E-state index contributed by atoms with van der Waals surface area (Å²) in [5, 5.41) is 9.55. The van der Waals surface area contributed by atoms with E-state index in [-0.39, 0.29) is 0 Å². The molecule has 2 nitrogen and oxygen atoms in total. The van der Waals surface area contributed by atoms with Gasteiger partial charge >= 0.3 is 0 Å². The first-order valence-corrected chi connectivity index (χ1v) is 19.8. The highest BCUT2D eigenvalue weighted by atomic mass is 14.7. The molecule has 0 atom stereocenters. The molecule has 11 rings (SSSR count). The highest BCUT2D eigenvalue weighted by Gasteiger charge is 2.18. The van der Waals surface area contributed by atoms with Crippen molar-refractivity contribution >= 4 is 43.1 Å². The first-order valence-electron chi connectivity index (χ1n) is 19.8. The largest absolute Gasteiger partial charge is 0.248 e. The van der Waals surface area contributed by atoms with E-state index in [1.165, 1.54) is 43.1 Å². The van der Waals surface area contributed by atoms with Gasteiger partial charge in [0.25, 0.3) is 0 Å². The number of rotatable bonds is 6. The second-order valence-electron chi connectivity index (χ2n) is 15.0.